The number of fused-ring (bicyclic) bond motifs is 1. The number of piperidine rings is 1. The maximum atomic E-state index is 14.6. The molecule has 13 nitrogen and oxygen atoms in total. The Morgan fingerprint density at radius 3 is 2.46 bits per heavy atom. The van der Waals surface area contributed by atoms with Crippen LogP contribution in [0.4, 0.5) is 9.18 Å². The molecule has 2 aromatic carbocycles. The van der Waals surface area contributed by atoms with Crippen LogP contribution in [0, 0.1) is 5.82 Å². The van der Waals surface area contributed by atoms with Gasteiger partial charge in [0.05, 0.1) is 40.6 Å². The number of hydrogen-bond acceptors (Lipinski definition) is 10. The van der Waals surface area contributed by atoms with Crippen LogP contribution >= 0.6 is 0 Å². The summed E-state index contributed by atoms with van der Waals surface area (Å²) in [5.41, 5.74) is -2.31. The number of carbonyl (C=O) groups excluding carboxylic acids is 1. The highest BCUT2D eigenvalue weighted by Gasteiger charge is 2.48. The summed E-state index contributed by atoms with van der Waals surface area (Å²) in [4.78, 5) is 27.8. The first-order valence-corrected chi connectivity index (χ1v) is 19.7. The van der Waals surface area contributed by atoms with Crippen LogP contribution in [0.15, 0.2) is 63.2 Å². The number of aryl methyl sites for hydroxylation is 1. The number of para-hydroxylation sites is 1. The minimum absolute atomic E-state index is 0.0133. The molecule has 274 valence electrons. The molecule has 2 saturated heterocycles. The Balaban J connectivity index is 1.28. The molecule has 0 saturated carbocycles. The van der Waals surface area contributed by atoms with Crippen molar-refractivity contribution >= 4 is 36.9 Å². The molecule has 2 fully saturated rings. The van der Waals surface area contributed by atoms with Crippen LogP contribution in [-0.4, -0.2) is 104 Å². The maximum Gasteiger partial charge on any atom is 0.410 e. The van der Waals surface area contributed by atoms with Crippen molar-refractivity contribution in [1.82, 2.24) is 13.8 Å². The van der Waals surface area contributed by atoms with Crippen LogP contribution in [0.1, 0.15) is 47.0 Å². The topological polar surface area (TPSA) is 162 Å². The molecule has 0 radical (unpaired) electrons. The Morgan fingerprint density at radius 2 is 1.82 bits per heavy atom. The van der Waals surface area contributed by atoms with Gasteiger partial charge >= 0.3 is 6.09 Å². The highest BCUT2D eigenvalue weighted by molar-refractivity contribution is 7.90. The normalized spacial score (nSPS) is 19.1. The fourth-order valence-corrected chi connectivity index (χ4v) is 8.63. The van der Waals surface area contributed by atoms with Gasteiger partial charge in [-0.25, -0.2) is 26.0 Å². The first-order valence-electron chi connectivity index (χ1n) is 16.4. The van der Waals surface area contributed by atoms with Gasteiger partial charge in [0.1, 0.15) is 34.8 Å². The standard InChI is InChI=1S/C34H44FN3O10S2/c1-6-36-20-29(31(40)27-11-8-12-28(35)30(27)36)50(44,45)37-15-13-34(14-16-37)18-23(21-47-34)38(32(41)48-33(2,3)4)19-24(39)22-46-25-9-7-10-26(17-25)49(5,42)43/h7-12,17,20,23-24,39H,6,13-16,18-19,21-22H2,1-5H3/t23-,24+/m1/s1. The molecule has 2 aliphatic heterocycles. The first-order chi connectivity index (χ1) is 23.3. The second-order valence-electron chi connectivity index (χ2n) is 13.8. The predicted octanol–water partition coefficient (Wildman–Crippen LogP) is 3.55. The van der Waals surface area contributed by atoms with Gasteiger partial charge in [0.2, 0.25) is 15.5 Å². The number of nitrogens with zero attached hydrogens (tertiary/aromatic N) is 3. The monoisotopic (exact) mass is 737 g/mol. The second-order valence-corrected chi connectivity index (χ2v) is 17.8. The first kappa shape index (κ1) is 37.7. The van der Waals surface area contributed by atoms with Crippen molar-refractivity contribution in [1.29, 1.82) is 0 Å². The molecule has 3 heterocycles. The van der Waals surface area contributed by atoms with E-state index in [0.29, 0.717) is 6.42 Å². The molecule has 0 unspecified atom stereocenters. The lowest BCUT2D eigenvalue weighted by atomic mass is 9.88. The highest BCUT2D eigenvalue weighted by Crippen LogP contribution is 2.39. The third-order valence-corrected chi connectivity index (χ3v) is 12.0. The summed E-state index contributed by atoms with van der Waals surface area (Å²) in [7, 11) is -7.70. The van der Waals surface area contributed by atoms with Crippen LogP contribution in [0.25, 0.3) is 10.9 Å². The van der Waals surface area contributed by atoms with Crippen LogP contribution in [0.2, 0.25) is 0 Å². The Bertz CT molecular complexity index is 2020. The van der Waals surface area contributed by atoms with E-state index in [1.54, 1.807) is 33.8 Å². The van der Waals surface area contributed by atoms with Crippen molar-refractivity contribution in [2.75, 3.05) is 39.1 Å². The number of ether oxygens (including phenoxy) is 3. The molecule has 50 heavy (non-hydrogen) atoms. The molecule has 1 N–H and O–H groups in total. The van der Waals surface area contributed by atoms with Gasteiger partial charge in [-0.15, -0.1) is 0 Å². The molecule has 1 amide bonds. The van der Waals surface area contributed by atoms with Gasteiger partial charge in [-0.1, -0.05) is 12.1 Å². The summed E-state index contributed by atoms with van der Waals surface area (Å²) in [6.45, 7) is 6.98. The molecule has 2 aliphatic rings. The molecule has 5 rings (SSSR count). The Morgan fingerprint density at radius 1 is 1.14 bits per heavy atom. The predicted molar refractivity (Wildman–Crippen MR) is 183 cm³/mol. The average Bonchev–Trinajstić information content (AvgIpc) is 3.44. The van der Waals surface area contributed by atoms with Crippen molar-refractivity contribution in [2.45, 2.75) is 86.6 Å². The number of amides is 1. The van der Waals surface area contributed by atoms with E-state index in [9.17, 15) is 35.9 Å². The number of carbonyl (C=O) groups is 1. The quantitative estimate of drug-likeness (QED) is 0.326. The number of sulfonamides is 1. The minimum atomic E-state index is -4.24. The third-order valence-electron chi connectivity index (χ3n) is 8.95. The molecule has 1 aromatic heterocycles. The number of aliphatic hydroxyl groups excluding tert-OH is 1. The number of rotatable bonds is 10. The second kappa shape index (κ2) is 14.2. The number of hydrogen-bond donors (Lipinski definition) is 1. The van der Waals surface area contributed by atoms with E-state index in [-0.39, 0.29) is 73.8 Å². The van der Waals surface area contributed by atoms with E-state index in [1.165, 1.54) is 56.4 Å². The van der Waals surface area contributed by atoms with Gasteiger partial charge < -0.3 is 28.8 Å². The lowest BCUT2D eigenvalue weighted by Crippen LogP contribution is -2.50. The summed E-state index contributed by atoms with van der Waals surface area (Å²) < 4.78 is 86.3. The molecule has 0 bridgehead atoms. The van der Waals surface area contributed by atoms with Crippen molar-refractivity contribution < 1.29 is 45.3 Å². The molecular weight excluding hydrogens is 694 g/mol. The maximum absolute atomic E-state index is 14.6. The highest BCUT2D eigenvalue weighted by atomic mass is 32.2. The van der Waals surface area contributed by atoms with Crippen LogP contribution in [0.3, 0.4) is 0 Å². The summed E-state index contributed by atoms with van der Waals surface area (Å²) in [6, 6.07) is 9.39. The third kappa shape index (κ3) is 8.15. The van der Waals surface area contributed by atoms with Crippen molar-refractivity contribution in [3.8, 4) is 5.75 Å². The Hall–Kier alpha value is -3.57. The number of sulfone groups is 1. The molecule has 2 atom stereocenters. The molecule has 16 heteroatoms. The van der Waals surface area contributed by atoms with Crippen molar-refractivity contribution in [3.05, 3.63) is 64.7 Å². The zero-order valence-corrected chi connectivity index (χ0v) is 30.4. The van der Waals surface area contributed by atoms with Gasteiger partial charge in [-0.05, 0) is 77.3 Å². The van der Waals surface area contributed by atoms with E-state index in [4.69, 9.17) is 14.2 Å². The number of aromatic nitrogens is 1. The van der Waals surface area contributed by atoms with E-state index in [2.05, 4.69) is 0 Å². The van der Waals surface area contributed by atoms with Crippen molar-refractivity contribution in [3.63, 3.8) is 0 Å². The molecular formula is C34H44FN3O10S2. The van der Waals surface area contributed by atoms with E-state index in [1.807, 2.05) is 0 Å². The molecule has 1 spiro atoms. The number of pyridine rings is 1. The minimum Gasteiger partial charge on any atom is -0.491 e. The van der Waals surface area contributed by atoms with Gasteiger partial charge in [0.15, 0.2) is 9.84 Å². The van der Waals surface area contributed by atoms with Gasteiger partial charge in [-0.2, -0.15) is 4.31 Å². The number of halogens is 1. The van der Waals surface area contributed by atoms with E-state index in [0.717, 1.165) is 6.26 Å². The Kier molecular flexibility index (Phi) is 10.7. The fourth-order valence-electron chi connectivity index (χ4n) is 6.42. The van der Waals surface area contributed by atoms with Gasteiger partial charge in [0, 0.05) is 32.1 Å². The SMILES string of the molecule is CCn1cc(S(=O)(=O)N2CCC3(CC2)C[C@@H](N(C[C@H](O)COc2cccc(S(C)(=O)=O)c2)C(=O)OC(C)(C)C)CO3)c(=O)c2cccc(F)c21. The van der Waals surface area contributed by atoms with Crippen LogP contribution in [-0.2, 0) is 35.9 Å². The smallest absolute Gasteiger partial charge is 0.410 e. The summed E-state index contributed by atoms with van der Waals surface area (Å²) in [5.74, 6) is -0.372. The zero-order valence-electron chi connectivity index (χ0n) is 28.8. The van der Waals surface area contributed by atoms with Crippen LogP contribution in [0.5, 0.6) is 5.75 Å². The number of aliphatic hydroxyl groups is 1. The summed E-state index contributed by atoms with van der Waals surface area (Å²) in [6.07, 6.45) is 1.37. The lowest BCUT2D eigenvalue weighted by Gasteiger charge is -2.38. The Labute approximate surface area is 291 Å². The fraction of sp³-hybridized carbons (Fsp3) is 0.529. The largest absolute Gasteiger partial charge is 0.491 e. The molecule has 3 aromatic rings. The van der Waals surface area contributed by atoms with Gasteiger partial charge in [0.25, 0.3) is 0 Å². The van der Waals surface area contributed by atoms with Crippen LogP contribution < -0.4 is 10.2 Å². The summed E-state index contributed by atoms with van der Waals surface area (Å²) in [5, 5.41) is 10.9. The summed E-state index contributed by atoms with van der Waals surface area (Å²) >= 11 is 0. The van der Waals surface area contributed by atoms with E-state index >= 15 is 0 Å². The zero-order chi connectivity index (χ0) is 36.6. The molecule has 0 aliphatic carbocycles. The lowest BCUT2D eigenvalue weighted by molar-refractivity contribution is -0.0329. The van der Waals surface area contributed by atoms with Crippen molar-refractivity contribution in [2.24, 2.45) is 0 Å². The van der Waals surface area contributed by atoms with Gasteiger partial charge in [-0.3, -0.25) is 4.79 Å². The number of benzene rings is 2. The average molecular weight is 738 g/mol. The van der Waals surface area contributed by atoms with E-state index < -0.39 is 65.4 Å².